The maximum atomic E-state index is 4.12. The van der Waals surface area contributed by atoms with Crippen LogP contribution in [0.3, 0.4) is 0 Å². The molecule has 1 fully saturated rings. The Morgan fingerprint density at radius 3 is 2.62 bits per heavy atom. The van der Waals surface area contributed by atoms with Crippen LogP contribution in [0.4, 0.5) is 0 Å². The van der Waals surface area contributed by atoms with Crippen molar-refractivity contribution < 1.29 is 0 Å². The Balaban J connectivity index is 1.81. The van der Waals surface area contributed by atoms with Crippen molar-refractivity contribution in [3.8, 4) is 0 Å². The summed E-state index contributed by atoms with van der Waals surface area (Å²) in [4.78, 5) is 4.00. The highest BCUT2D eigenvalue weighted by molar-refractivity contribution is 5.53. The van der Waals surface area contributed by atoms with Gasteiger partial charge in [0, 0.05) is 13.6 Å². The zero-order valence-corrected chi connectivity index (χ0v) is 19.7. The second kappa shape index (κ2) is 11.0. The van der Waals surface area contributed by atoms with Crippen LogP contribution in [-0.4, -0.2) is 19.9 Å². The maximum Gasteiger partial charge on any atom is 0.0820 e. The van der Waals surface area contributed by atoms with Crippen molar-refractivity contribution in [1.29, 1.82) is 0 Å². The van der Waals surface area contributed by atoms with E-state index in [1.807, 2.05) is 0 Å². The number of benzene rings is 1. The summed E-state index contributed by atoms with van der Waals surface area (Å²) in [6.07, 6.45) is 15.6. The minimum absolute atomic E-state index is 0.227. The molecule has 0 radical (unpaired) electrons. The smallest absolute Gasteiger partial charge is 0.0820 e. The standard InChI is InChI=1S/C27H44N2/c1-7-24-17-22(4)11-12-25(24)18-23-19-27(9-3,20-23)14-10-13-26(5,8-2)15-16-29-21-28-6/h8,11-12,17,21,23H,2,7,9-10,13-16,18-20H2,1,3-6H3,(H,28,29). The minimum atomic E-state index is 0.227. The predicted molar refractivity (Wildman–Crippen MR) is 129 cm³/mol. The Hall–Kier alpha value is -1.57. The van der Waals surface area contributed by atoms with Gasteiger partial charge in [0.25, 0.3) is 0 Å². The van der Waals surface area contributed by atoms with Crippen molar-refractivity contribution in [3.63, 3.8) is 0 Å². The van der Waals surface area contributed by atoms with Gasteiger partial charge in [0.05, 0.1) is 6.34 Å². The number of allylic oxidation sites excluding steroid dienone is 1. The van der Waals surface area contributed by atoms with Gasteiger partial charge in [0.2, 0.25) is 0 Å². The van der Waals surface area contributed by atoms with Crippen molar-refractivity contribution in [1.82, 2.24) is 5.32 Å². The Morgan fingerprint density at radius 2 is 2.00 bits per heavy atom. The van der Waals surface area contributed by atoms with Crippen LogP contribution in [-0.2, 0) is 12.8 Å². The number of nitrogens with zero attached hydrogens (tertiary/aromatic N) is 1. The number of rotatable bonds is 13. The number of hydrogen-bond acceptors (Lipinski definition) is 1. The van der Waals surface area contributed by atoms with E-state index in [1.54, 1.807) is 24.5 Å². The fourth-order valence-electron chi connectivity index (χ4n) is 5.28. The van der Waals surface area contributed by atoms with Crippen molar-refractivity contribution in [3.05, 3.63) is 47.5 Å². The van der Waals surface area contributed by atoms with Crippen LogP contribution in [0, 0.1) is 23.7 Å². The maximum absolute atomic E-state index is 4.12. The molecule has 1 aliphatic carbocycles. The third kappa shape index (κ3) is 6.73. The summed E-state index contributed by atoms with van der Waals surface area (Å²) in [5, 5.41) is 3.27. The van der Waals surface area contributed by atoms with Crippen LogP contribution < -0.4 is 5.32 Å². The first-order valence-electron chi connectivity index (χ1n) is 11.7. The summed E-state index contributed by atoms with van der Waals surface area (Å²) in [6.45, 7) is 14.3. The lowest BCUT2D eigenvalue weighted by Crippen LogP contribution is -2.38. The topological polar surface area (TPSA) is 24.4 Å². The van der Waals surface area contributed by atoms with E-state index in [2.05, 4.69) is 68.9 Å². The van der Waals surface area contributed by atoms with Gasteiger partial charge in [-0.2, -0.15) is 0 Å². The van der Waals surface area contributed by atoms with Crippen molar-refractivity contribution >= 4 is 6.34 Å². The molecule has 1 aromatic rings. The highest BCUT2D eigenvalue weighted by atomic mass is 14.9. The van der Waals surface area contributed by atoms with Crippen LogP contribution >= 0.6 is 0 Å². The minimum Gasteiger partial charge on any atom is -0.376 e. The molecule has 162 valence electrons. The van der Waals surface area contributed by atoms with Crippen LogP contribution in [0.5, 0.6) is 0 Å². The molecule has 2 rings (SSSR count). The first-order chi connectivity index (χ1) is 13.9. The molecule has 1 aliphatic rings. The van der Waals surface area contributed by atoms with E-state index in [-0.39, 0.29) is 5.41 Å². The summed E-state index contributed by atoms with van der Waals surface area (Å²) < 4.78 is 0. The summed E-state index contributed by atoms with van der Waals surface area (Å²) in [6, 6.07) is 7.06. The van der Waals surface area contributed by atoms with Crippen LogP contribution in [0.25, 0.3) is 0 Å². The zero-order chi connectivity index (χ0) is 21.3. The highest BCUT2D eigenvalue weighted by Gasteiger charge is 2.42. The first-order valence-corrected chi connectivity index (χ1v) is 11.7. The summed E-state index contributed by atoms with van der Waals surface area (Å²) in [5.41, 5.74) is 5.36. The molecule has 1 N–H and O–H groups in total. The van der Waals surface area contributed by atoms with Crippen molar-refractivity contribution in [2.75, 3.05) is 13.6 Å². The molecule has 0 aliphatic heterocycles. The van der Waals surface area contributed by atoms with E-state index in [9.17, 15) is 0 Å². The van der Waals surface area contributed by atoms with Gasteiger partial charge in [-0.1, -0.05) is 63.5 Å². The van der Waals surface area contributed by atoms with E-state index < -0.39 is 0 Å². The number of nitrogens with one attached hydrogen (secondary N) is 1. The Bertz CT molecular complexity index is 669. The second-order valence-electron chi connectivity index (χ2n) is 9.76. The highest BCUT2D eigenvalue weighted by Crippen LogP contribution is 2.53. The predicted octanol–water partition coefficient (Wildman–Crippen LogP) is 6.91. The van der Waals surface area contributed by atoms with Gasteiger partial charge in [0.15, 0.2) is 0 Å². The van der Waals surface area contributed by atoms with E-state index in [1.165, 1.54) is 50.5 Å². The molecule has 0 amide bonds. The fraction of sp³-hybridized carbons (Fsp3) is 0.667. The SMILES string of the molecule is C=CC(C)(CCCC1(CC)CC(Cc2ccc(C)cc2CC)C1)CCNC=NC. The zero-order valence-electron chi connectivity index (χ0n) is 19.7. The Labute approximate surface area is 180 Å². The molecule has 1 aromatic carbocycles. The van der Waals surface area contributed by atoms with Gasteiger partial charge < -0.3 is 5.32 Å². The first kappa shape index (κ1) is 23.7. The Morgan fingerprint density at radius 1 is 1.24 bits per heavy atom. The third-order valence-electron chi connectivity index (χ3n) is 7.45. The van der Waals surface area contributed by atoms with Crippen molar-refractivity contribution in [2.24, 2.45) is 21.7 Å². The average Bonchev–Trinajstić information content (AvgIpc) is 2.70. The molecule has 1 saturated carbocycles. The average molecular weight is 397 g/mol. The lowest BCUT2D eigenvalue weighted by Gasteiger charge is -2.49. The van der Waals surface area contributed by atoms with Gasteiger partial charge in [-0.25, -0.2) is 0 Å². The molecule has 0 aromatic heterocycles. The lowest BCUT2D eigenvalue weighted by molar-refractivity contribution is 0.0354. The largest absolute Gasteiger partial charge is 0.376 e. The summed E-state index contributed by atoms with van der Waals surface area (Å²) in [7, 11) is 1.80. The van der Waals surface area contributed by atoms with Gasteiger partial charge >= 0.3 is 0 Å². The van der Waals surface area contributed by atoms with Crippen LogP contribution in [0.15, 0.2) is 35.8 Å². The van der Waals surface area contributed by atoms with E-state index in [0.717, 1.165) is 25.3 Å². The van der Waals surface area contributed by atoms with Gasteiger partial charge in [-0.3, -0.25) is 4.99 Å². The molecule has 29 heavy (non-hydrogen) atoms. The molecular weight excluding hydrogens is 352 g/mol. The van der Waals surface area contributed by atoms with Crippen molar-refractivity contribution in [2.45, 2.75) is 85.5 Å². The molecule has 1 unspecified atom stereocenters. The normalized spacial score (nSPS) is 23.6. The van der Waals surface area contributed by atoms with E-state index >= 15 is 0 Å². The van der Waals surface area contributed by atoms with Gasteiger partial charge in [-0.15, -0.1) is 6.58 Å². The summed E-state index contributed by atoms with van der Waals surface area (Å²) in [5.74, 6) is 0.881. The molecular formula is C27H44N2. The molecule has 1 atom stereocenters. The quantitative estimate of drug-likeness (QED) is 0.167. The van der Waals surface area contributed by atoms with E-state index in [4.69, 9.17) is 0 Å². The molecule has 0 heterocycles. The van der Waals surface area contributed by atoms with E-state index in [0.29, 0.717) is 5.41 Å². The third-order valence-corrected chi connectivity index (χ3v) is 7.45. The van der Waals surface area contributed by atoms with Crippen LogP contribution in [0.2, 0.25) is 0 Å². The second-order valence-corrected chi connectivity index (χ2v) is 9.76. The van der Waals surface area contributed by atoms with Gasteiger partial charge in [0.1, 0.15) is 0 Å². The molecule has 2 nitrogen and oxygen atoms in total. The Kier molecular flexibility index (Phi) is 8.99. The number of hydrogen-bond donors (Lipinski definition) is 1. The monoisotopic (exact) mass is 396 g/mol. The molecule has 2 heteroatoms. The van der Waals surface area contributed by atoms with Gasteiger partial charge in [-0.05, 0) is 79.7 Å². The molecule has 0 bridgehead atoms. The number of aryl methyl sites for hydroxylation is 2. The lowest BCUT2D eigenvalue weighted by atomic mass is 9.57. The molecule has 0 saturated heterocycles. The summed E-state index contributed by atoms with van der Waals surface area (Å²) >= 11 is 0. The van der Waals surface area contributed by atoms with Crippen LogP contribution in [0.1, 0.15) is 82.4 Å². The number of aliphatic imine (C=N–C) groups is 1. The molecule has 0 spiro atoms. The fourth-order valence-corrected chi connectivity index (χ4v) is 5.28.